The van der Waals surface area contributed by atoms with E-state index in [0.29, 0.717) is 12.0 Å². The van der Waals surface area contributed by atoms with E-state index in [4.69, 9.17) is 5.11 Å². The van der Waals surface area contributed by atoms with Crippen molar-refractivity contribution in [2.75, 3.05) is 19.7 Å². The summed E-state index contributed by atoms with van der Waals surface area (Å²) < 4.78 is 0. The Morgan fingerprint density at radius 1 is 1.37 bits per heavy atom. The molecule has 1 fully saturated rings. The van der Waals surface area contributed by atoms with Crippen LogP contribution in [0.25, 0.3) is 0 Å². The van der Waals surface area contributed by atoms with Crippen molar-refractivity contribution in [3.8, 4) is 0 Å². The lowest BCUT2D eigenvalue weighted by Gasteiger charge is -2.38. The molecule has 1 aromatic rings. The van der Waals surface area contributed by atoms with Crippen LogP contribution in [0.5, 0.6) is 0 Å². The van der Waals surface area contributed by atoms with Gasteiger partial charge in [0.1, 0.15) is 0 Å². The lowest BCUT2D eigenvalue weighted by molar-refractivity contribution is 0.126. The number of hydrogen-bond donors (Lipinski definition) is 2. The number of aliphatic hydroxyl groups is 1. The molecule has 0 radical (unpaired) electrons. The zero-order valence-electron chi connectivity index (χ0n) is 12.0. The highest BCUT2D eigenvalue weighted by Crippen LogP contribution is 2.19. The van der Waals surface area contributed by atoms with Crippen LogP contribution >= 0.6 is 0 Å². The van der Waals surface area contributed by atoms with Crippen LogP contribution in [0.3, 0.4) is 0 Å². The van der Waals surface area contributed by atoms with E-state index in [1.807, 2.05) is 6.92 Å². The van der Waals surface area contributed by atoms with Crippen LogP contribution < -0.4 is 5.32 Å². The van der Waals surface area contributed by atoms with Crippen molar-refractivity contribution >= 4 is 0 Å². The minimum atomic E-state index is 0.202. The van der Waals surface area contributed by atoms with E-state index in [-0.39, 0.29) is 12.6 Å². The number of nitrogens with one attached hydrogen (secondary N) is 1. The van der Waals surface area contributed by atoms with E-state index in [2.05, 4.69) is 47.5 Å². The van der Waals surface area contributed by atoms with Crippen molar-refractivity contribution < 1.29 is 5.11 Å². The molecular weight excluding hydrogens is 236 g/mol. The average molecular weight is 262 g/mol. The lowest BCUT2D eigenvalue weighted by atomic mass is 9.93. The quantitative estimate of drug-likeness (QED) is 0.850. The van der Waals surface area contributed by atoms with Gasteiger partial charge in [0.25, 0.3) is 0 Å². The molecule has 3 atom stereocenters. The van der Waals surface area contributed by atoms with Gasteiger partial charge in [-0.1, -0.05) is 37.3 Å². The average Bonchev–Trinajstić information content (AvgIpc) is 2.43. The van der Waals surface area contributed by atoms with Gasteiger partial charge >= 0.3 is 0 Å². The molecule has 1 aromatic carbocycles. The predicted octanol–water partition coefficient (Wildman–Crippen LogP) is 1.87. The van der Waals surface area contributed by atoms with E-state index < -0.39 is 0 Å². The van der Waals surface area contributed by atoms with E-state index in [9.17, 15) is 0 Å². The minimum Gasteiger partial charge on any atom is -0.395 e. The second kappa shape index (κ2) is 7.04. The molecule has 19 heavy (non-hydrogen) atoms. The van der Waals surface area contributed by atoms with E-state index >= 15 is 0 Å². The number of piperidine rings is 1. The van der Waals surface area contributed by atoms with Crippen LogP contribution in [0.2, 0.25) is 0 Å². The highest BCUT2D eigenvalue weighted by molar-refractivity contribution is 5.14. The Morgan fingerprint density at radius 2 is 2.11 bits per heavy atom. The molecule has 0 bridgehead atoms. The fraction of sp³-hybridized carbons (Fsp3) is 0.625. The smallest absolute Gasteiger partial charge is 0.0582 e. The molecule has 3 nitrogen and oxygen atoms in total. The predicted molar refractivity (Wildman–Crippen MR) is 79.0 cm³/mol. The highest BCUT2D eigenvalue weighted by Gasteiger charge is 2.26. The van der Waals surface area contributed by atoms with Gasteiger partial charge in [0, 0.05) is 25.2 Å². The number of nitrogens with zero attached hydrogens (tertiary/aromatic N) is 1. The second-order valence-electron chi connectivity index (χ2n) is 5.84. The first-order valence-corrected chi connectivity index (χ1v) is 7.32. The first-order valence-electron chi connectivity index (χ1n) is 7.32. The Hall–Kier alpha value is -0.900. The summed E-state index contributed by atoms with van der Waals surface area (Å²) in [6.45, 7) is 7.88. The van der Waals surface area contributed by atoms with Gasteiger partial charge in [-0.25, -0.2) is 0 Å². The van der Waals surface area contributed by atoms with Crippen LogP contribution in [0.4, 0.5) is 0 Å². The minimum absolute atomic E-state index is 0.202. The lowest BCUT2D eigenvalue weighted by Crippen LogP contribution is -2.51. The van der Waals surface area contributed by atoms with E-state index in [1.54, 1.807) is 0 Å². The number of hydrogen-bond acceptors (Lipinski definition) is 3. The summed E-state index contributed by atoms with van der Waals surface area (Å²) in [5.41, 5.74) is 1.39. The molecule has 2 N–H and O–H groups in total. The maximum absolute atomic E-state index is 9.13. The maximum Gasteiger partial charge on any atom is 0.0582 e. The van der Waals surface area contributed by atoms with Crippen molar-refractivity contribution in [1.29, 1.82) is 0 Å². The Kier molecular flexibility index (Phi) is 5.37. The van der Waals surface area contributed by atoms with Crippen molar-refractivity contribution in [3.05, 3.63) is 35.9 Å². The van der Waals surface area contributed by atoms with Gasteiger partial charge in [-0.3, -0.25) is 4.90 Å². The highest BCUT2D eigenvalue weighted by atomic mass is 16.3. The molecule has 0 amide bonds. The van der Waals surface area contributed by atoms with Gasteiger partial charge in [0.2, 0.25) is 0 Å². The molecule has 3 unspecified atom stereocenters. The van der Waals surface area contributed by atoms with Crippen molar-refractivity contribution in [1.82, 2.24) is 10.2 Å². The largest absolute Gasteiger partial charge is 0.395 e. The third-order valence-electron chi connectivity index (χ3n) is 4.01. The molecule has 0 aromatic heterocycles. The molecule has 0 aliphatic carbocycles. The number of benzene rings is 1. The molecule has 2 rings (SSSR count). The van der Waals surface area contributed by atoms with Gasteiger partial charge < -0.3 is 10.4 Å². The molecule has 1 saturated heterocycles. The third-order valence-corrected chi connectivity index (χ3v) is 4.01. The molecule has 0 saturated carbocycles. The topological polar surface area (TPSA) is 35.5 Å². The zero-order chi connectivity index (χ0) is 13.7. The summed E-state index contributed by atoms with van der Waals surface area (Å²) in [7, 11) is 0. The van der Waals surface area contributed by atoms with Gasteiger partial charge in [-0.2, -0.15) is 0 Å². The molecule has 1 heterocycles. The summed E-state index contributed by atoms with van der Waals surface area (Å²) in [4.78, 5) is 2.53. The van der Waals surface area contributed by atoms with Crippen molar-refractivity contribution in [2.24, 2.45) is 5.92 Å². The number of rotatable bonds is 5. The molecule has 106 valence electrons. The first-order chi connectivity index (χ1) is 9.19. The van der Waals surface area contributed by atoms with Crippen molar-refractivity contribution in [3.63, 3.8) is 0 Å². The third kappa shape index (κ3) is 4.30. The Bertz CT molecular complexity index is 368. The first kappa shape index (κ1) is 14.5. The standard InChI is InChI=1S/C16H26N2O/c1-13-10-18(11-15-6-4-3-5-7-15)9-8-16(13)17-14(2)12-19/h3-7,13-14,16-17,19H,8-12H2,1-2H3. The van der Waals surface area contributed by atoms with Crippen LogP contribution in [0.1, 0.15) is 25.8 Å². The zero-order valence-corrected chi connectivity index (χ0v) is 12.0. The second-order valence-corrected chi connectivity index (χ2v) is 5.84. The van der Waals surface area contributed by atoms with Crippen LogP contribution in [0, 0.1) is 5.92 Å². The fourth-order valence-electron chi connectivity index (χ4n) is 2.88. The van der Waals surface area contributed by atoms with Crippen LogP contribution in [-0.4, -0.2) is 41.8 Å². The number of likely N-dealkylation sites (tertiary alicyclic amines) is 1. The SMILES string of the molecule is CC(CO)NC1CCN(Cc2ccccc2)CC1C. The van der Waals surface area contributed by atoms with Crippen LogP contribution in [-0.2, 0) is 6.54 Å². The van der Waals surface area contributed by atoms with E-state index in [1.165, 1.54) is 12.0 Å². The monoisotopic (exact) mass is 262 g/mol. The summed E-state index contributed by atoms with van der Waals surface area (Å²) in [5.74, 6) is 0.631. The molecule has 3 heteroatoms. The summed E-state index contributed by atoms with van der Waals surface area (Å²) in [5, 5.41) is 12.7. The number of aliphatic hydroxyl groups excluding tert-OH is 1. The molecule has 1 aliphatic rings. The Morgan fingerprint density at radius 3 is 2.74 bits per heavy atom. The maximum atomic E-state index is 9.13. The van der Waals surface area contributed by atoms with Gasteiger partial charge in [0.05, 0.1) is 6.61 Å². The van der Waals surface area contributed by atoms with E-state index in [0.717, 1.165) is 19.6 Å². The molecular formula is C16H26N2O. The molecule has 1 aliphatic heterocycles. The summed E-state index contributed by atoms with van der Waals surface area (Å²) in [6.07, 6.45) is 1.17. The summed E-state index contributed by atoms with van der Waals surface area (Å²) >= 11 is 0. The van der Waals surface area contributed by atoms with Crippen molar-refractivity contribution in [2.45, 2.75) is 38.9 Å². The Balaban J connectivity index is 1.83. The Labute approximate surface area is 116 Å². The van der Waals surface area contributed by atoms with Gasteiger partial charge in [-0.05, 0) is 31.4 Å². The molecule has 0 spiro atoms. The van der Waals surface area contributed by atoms with Crippen LogP contribution in [0.15, 0.2) is 30.3 Å². The van der Waals surface area contributed by atoms with Gasteiger partial charge in [-0.15, -0.1) is 0 Å². The summed E-state index contributed by atoms with van der Waals surface area (Å²) in [6, 6.07) is 11.4. The normalized spacial score (nSPS) is 26.3. The van der Waals surface area contributed by atoms with Gasteiger partial charge in [0.15, 0.2) is 0 Å². The fourth-order valence-corrected chi connectivity index (χ4v) is 2.88.